The van der Waals surface area contributed by atoms with Gasteiger partial charge in [0.25, 0.3) is 11.8 Å². The molecule has 1 N–H and O–H groups in total. The van der Waals surface area contributed by atoms with Crippen LogP contribution in [0, 0.1) is 0 Å². The van der Waals surface area contributed by atoms with Gasteiger partial charge in [0, 0.05) is 0 Å². The number of carbonyl (C=O) groups excluding carboxylic acids is 3. The normalized spacial score (nSPS) is 14.9. The van der Waals surface area contributed by atoms with Gasteiger partial charge in [0.05, 0.1) is 11.1 Å². The molecular formula is C16H19NO5. The van der Waals surface area contributed by atoms with Gasteiger partial charge in [0.15, 0.2) is 0 Å². The fraction of sp³-hybridized carbons (Fsp3) is 0.438. The molecule has 0 spiro atoms. The predicted octanol–water partition coefficient (Wildman–Crippen LogP) is 2.64. The Balaban J connectivity index is 2.20. The molecule has 118 valence electrons. The number of hydrogen-bond acceptors (Lipinski definition) is 5. The first-order valence-electron chi connectivity index (χ1n) is 7.44. The van der Waals surface area contributed by atoms with Gasteiger partial charge in [-0.15, -0.1) is 0 Å². The molecule has 2 rings (SSSR count). The lowest BCUT2D eigenvalue weighted by atomic mass is 10.1. The number of benzene rings is 1. The summed E-state index contributed by atoms with van der Waals surface area (Å²) >= 11 is 0. The molecule has 6 nitrogen and oxygen atoms in total. The minimum absolute atomic E-state index is 0.275. The molecule has 0 bridgehead atoms. The predicted molar refractivity (Wildman–Crippen MR) is 78.2 cm³/mol. The van der Waals surface area contributed by atoms with Gasteiger partial charge in [0.1, 0.15) is 6.04 Å². The molecule has 22 heavy (non-hydrogen) atoms. The van der Waals surface area contributed by atoms with E-state index in [0.29, 0.717) is 6.42 Å². The van der Waals surface area contributed by atoms with Gasteiger partial charge in [-0.3, -0.25) is 19.4 Å². The van der Waals surface area contributed by atoms with Crippen LogP contribution in [0.15, 0.2) is 24.3 Å². The van der Waals surface area contributed by atoms with E-state index < -0.39 is 23.8 Å². The van der Waals surface area contributed by atoms with E-state index in [-0.39, 0.29) is 17.5 Å². The molecule has 1 aromatic carbocycles. The van der Waals surface area contributed by atoms with Crippen molar-refractivity contribution >= 4 is 17.8 Å². The van der Waals surface area contributed by atoms with E-state index in [1.165, 1.54) is 0 Å². The zero-order valence-electron chi connectivity index (χ0n) is 12.4. The minimum atomic E-state index is -1.09. The van der Waals surface area contributed by atoms with Crippen LogP contribution in [-0.4, -0.2) is 34.0 Å². The number of rotatable bonds is 7. The number of unbranched alkanes of at least 4 members (excludes halogenated alkanes) is 3. The molecule has 0 saturated carbocycles. The number of amides is 2. The van der Waals surface area contributed by atoms with E-state index in [9.17, 15) is 14.4 Å². The molecule has 1 aliphatic rings. The molecule has 0 fully saturated rings. The van der Waals surface area contributed by atoms with E-state index in [2.05, 4.69) is 11.8 Å². The highest BCUT2D eigenvalue weighted by Gasteiger charge is 2.43. The van der Waals surface area contributed by atoms with E-state index in [1.807, 2.05) is 0 Å². The lowest BCUT2D eigenvalue weighted by Crippen LogP contribution is -2.45. The Morgan fingerprint density at radius 2 is 1.73 bits per heavy atom. The van der Waals surface area contributed by atoms with Crippen LogP contribution in [0.5, 0.6) is 0 Å². The molecule has 1 atom stereocenters. The number of nitrogens with zero attached hydrogens (tertiary/aromatic N) is 1. The van der Waals surface area contributed by atoms with Gasteiger partial charge < -0.3 is 0 Å². The molecular weight excluding hydrogens is 286 g/mol. The van der Waals surface area contributed by atoms with Gasteiger partial charge in [-0.2, -0.15) is 5.26 Å². The number of hydrogen-bond donors (Lipinski definition) is 1. The smallest absolute Gasteiger partial charge is 0.299 e. The van der Waals surface area contributed by atoms with Gasteiger partial charge in [0.2, 0.25) is 0 Å². The Hall–Kier alpha value is -2.21. The van der Waals surface area contributed by atoms with E-state index in [4.69, 9.17) is 5.26 Å². The highest BCUT2D eigenvalue weighted by atomic mass is 17.1. The average Bonchev–Trinajstić information content (AvgIpc) is 2.79. The number of carbonyl (C=O) groups is 3. The van der Waals surface area contributed by atoms with Crippen LogP contribution in [-0.2, 0) is 9.68 Å². The maximum atomic E-state index is 12.4. The third-order valence-electron chi connectivity index (χ3n) is 3.83. The number of fused-ring (bicyclic) bond motifs is 1. The van der Waals surface area contributed by atoms with Gasteiger partial charge in [-0.25, -0.2) is 4.79 Å². The van der Waals surface area contributed by atoms with Crippen molar-refractivity contribution in [1.82, 2.24) is 4.90 Å². The van der Waals surface area contributed by atoms with Gasteiger partial charge >= 0.3 is 5.97 Å². The highest BCUT2D eigenvalue weighted by molar-refractivity contribution is 6.22. The van der Waals surface area contributed by atoms with Crippen molar-refractivity contribution in [3.05, 3.63) is 35.4 Å². The van der Waals surface area contributed by atoms with Gasteiger partial charge in [-0.05, 0) is 18.6 Å². The summed E-state index contributed by atoms with van der Waals surface area (Å²) in [5.41, 5.74) is 0.550. The Morgan fingerprint density at radius 1 is 1.14 bits per heavy atom. The molecule has 1 aromatic rings. The molecule has 0 radical (unpaired) electrons. The molecule has 1 unspecified atom stereocenters. The molecule has 0 aliphatic carbocycles. The summed E-state index contributed by atoms with van der Waals surface area (Å²) in [4.78, 5) is 41.2. The average molecular weight is 305 g/mol. The second-order valence-corrected chi connectivity index (χ2v) is 5.30. The Morgan fingerprint density at radius 3 is 2.23 bits per heavy atom. The third kappa shape index (κ3) is 3.01. The van der Waals surface area contributed by atoms with Crippen LogP contribution >= 0.6 is 0 Å². The fourth-order valence-corrected chi connectivity index (χ4v) is 2.67. The summed E-state index contributed by atoms with van der Waals surface area (Å²) in [5.74, 6) is -2.02. The zero-order chi connectivity index (χ0) is 16.1. The first kappa shape index (κ1) is 16.2. The second kappa shape index (κ2) is 7.17. The van der Waals surface area contributed by atoms with Crippen molar-refractivity contribution in [2.75, 3.05) is 0 Å². The van der Waals surface area contributed by atoms with Crippen LogP contribution < -0.4 is 0 Å². The lowest BCUT2D eigenvalue weighted by Gasteiger charge is -2.23. The van der Waals surface area contributed by atoms with Gasteiger partial charge in [-0.1, -0.05) is 44.7 Å². The second-order valence-electron chi connectivity index (χ2n) is 5.30. The van der Waals surface area contributed by atoms with Crippen LogP contribution in [0.2, 0.25) is 0 Å². The number of imide groups is 1. The van der Waals surface area contributed by atoms with Crippen LogP contribution in [0.25, 0.3) is 0 Å². The molecule has 0 aromatic heterocycles. The third-order valence-corrected chi connectivity index (χ3v) is 3.83. The summed E-state index contributed by atoms with van der Waals surface area (Å²) in [6.45, 7) is 2.06. The van der Waals surface area contributed by atoms with Crippen molar-refractivity contribution in [3.8, 4) is 0 Å². The molecule has 6 heteroatoms. The standard InChI is InChI=1S/C16H19NO5/c1-2-3-4-5-10-13(16(20)22-21)17-14(18)11-8-6-7-9-12(11)15(17)19/h6-9,13,21H,2-5,10H2,1H3. The summed E-state index contributed by atoms with van der Waals surface area (Å²) in [6.07, 6.45) is 3.87. The van der Waals surface area contributed by atoms with Crippen LogP contribution in [0.1, 0.15) is 59.7 Å². The van der Waals surface area contributed by atoms with Crippen LogP contribution in [0.4, 0.5) is 0 Å². The zero-order valence-corrected chi connectivity index (χ0v) is 12.4. The van der Waals surface area contributed by atoms with Crippen molar-refractivity contribution in [1.29, 1.82) is 0 Å². The maximum absolute atomic E-state index is 12.4. The van der Waals surface area contributed by atoms with Crippen molar-refractivity contribution < 1.29 is 24.5 Å². The van der Waals surface area contributed by atoms with E-state index in [1.54, 1.807) is 24.3 Å². The molecule has 2 amide bonds. The topological polar surface area (TPSA) is 83.9 Å². The highest BCUT2D eigenvalue weighted by Crippen LogP contribution is 2.26. The Kier molecular flexibility index (Phi) is 5.27. The molecule has 1 aliphatic heterocycles. The van der Waals surface area contributed by atoms with E-state index in [0.717, 1.165) is 24.2 Å². The van der Waals surface area contributed by atoms with Crippen molar-refractivity contribution in [2.45, 2.75) is 45.1 Å². The van der Waals surface area contributed by atoms with Crippen molar-refractivity contribution in [3.63, 3.8) is 0 Å². The SMILES string of the molecule is CCCCCCC(C(=O)OO)N1C(=O)c2ccccc2C1=O. The lowest BCUT2D eigenvalue weighted by molar-refractivity contribution is -0.238. The molecule has 0 saturated heterocycles. The fourth-order valence-electron chi connectivity index (χ4n) is 2.67. The quantitative estimate of drug-likeness (QED) is 0.362. The Bertz CT molecular complexity index is 549. The largest absolute Gasteiger partial charge is 0.364 e. The molecule has 1 heterocycles. The summed E-state index contributed by atoms with van der Waals surface area (Å²) in [6, 6.07) is 5.33. The Labute approximate surface area is 128 Å². The first-order chi connectivity index (χ1) is 10.6. The van der Waals surface area contributed by atoms with Crippen molar-refractivity contribution in [2.24, 2.45) is 0 Å². The van der Waals surface area contributed by atoms with E-state index >= 15 is 0 Å². The minimum Gasteiger partial charge on any atom is -0.299 e. The summed E-state index contributed by atoms with van der Waals surface area (Å²) in [5, 5.41) is 8.66. The monoisotopic (exact) mass is 305 g/mol. The van der Waals surface area contributed by atoms with Crippen LogP contribution in [0.3, 0.4) is 0 Å². The maximum Gasteiger partial charge on any atom is 0.364 e. The summed E-state index contributed by atoms with van der Waals surface area (Å²) < 4.78 is 0. The first-order valence-corrected chi connectivity index (χ1v) is 7.44. The summed E-state index contributed by atoms with van der Waals surface area (Å²) in [7, 11) is 0.